The molecule has 1 N–H and O–H groups in total. The van der Waals surface area contributed by atoms with Gasteiger partial charge in [0.05, 0.1) is 10.9 Å². The summed E-state index contributed by atoms with van der Waals surface area (Å²) >= 11 is 4.96. The van der Waals surface area contributed by atoms with Crippen molar-refractivity contribution in [3.8, 4) is 0 Å². The van der Waals surface area contributed by atoms with Crippen LogP contribution in [0.4, 0.5) is 0 Å². The van der Waals surface area contributed by atoms with Crippen molar-refractivity contribution in [2.45, 2.75) is 31.6 Å². The fourth-order valence-electron chi connectivity index (χ4n) is 1.09. The topological polar surface area (TPSA) is 29.1 Å². The van der Waals surface area contributed by atoms with Crippen LogP contribution in [0, 0.1) is 6.92 Å². The van der Waals surface area contributed by atoms with E-state index in [-0.39, 0.29) is 16.8 Å². The number of aryl methyl sites for hydroxylation is 1. The molecule has 0 fully saturated rings. The van der Waals surface area contributed by atoms with Crippen LogP contribution in [0.3, 0.4) is 0 Å². The van der Waals surface area contributed by atoms with Crippen LogP contribution in [0.25, 0.3) is 0 Å². The van der Waals surface area contributed by atoms with Crippen LogP contribution in [-0.2, 0) is 4.79 Å². The standard InChI is InChI=1S/C10H14BrNOS/c1-6-4-5-9(14-6)8(3)12-10(13)7(2)11/h4-5,7-8H,1-3H3,(H,12,13). The van der Waals surface area contributed by atoms with E-state index in [1.165, 1.54) is 9.75 Å². The Morgan fingerprint density at radius 2 is 2.14 bits per heavy atom. The SMILES string of the molecule is Cc1ccc(C(C)NC(=O)C(C)Br)s1. The molecular weight excluding hydrogens is 262 g/mol. The minimum Gasteiger partial charge on any atom is -0.348 e. The predicted octanol–water partition coefficient (Wildman–Crippen LogP) is 3.02. The monoisotopic (exact) mass is 275 g/mol. The molecule has 14 heavy (non-hydrogen) atoms. The number of nitrogens with one attached hydrogen (secondary N) is 1. The molecule has 0 aliphatic rings. The Kier molecular flexibility index (Phi) is 4.13. The van der Waals surface area contributed by atoms with Gasteiger partial charge in [0.15, 0.2) is 0 Å². The molecule has 0 bridgehead atoms. The van der Waals surface area contributed by atoms with Gasteiger partial charge < -0.3 is 5.32 Å². The van der Waals surface area contributed by atoms with Crippen LogP contribution in [0.15, 0.2) is 12.1 Å². The van der Waals surface area contributed by atoms with Crippen LogP contribution >= 0.6 is 27.3 Å². The molecule has 0 spiro atoms. The van der Waals surface area contributed by atoms with Crippen LogP contribution in [-0.4, -0.2) is 10.7 Å². The van der Waals surface area contributed by atoms with E-state index in [1.54, 1.807) is 11.3 Å². The van der Waals surface area contributed by atoms with Crippen LogP contribution in [0.2, 0.25) is 0 Å². The zero-order chi connectivity index (χ0) is 10.7. The molecule has 1 rings (SSSR count). The first kappa shape index (κ1) is 11.7. The maximum atomic E-state index is 11.4. The maximum Gasteiger partial charge on any atom is 0.233 e. The van der Waals surface area contributed by atoms with Gasteiger partial charge in [0.2, 0.25) is 5.91 Å². The molecule has 0 saturated carbocycles. The molecule has 1 heterocycles. The maximum absolute atomic E-state index is 11.4. The highest BCUT2D eigenvalue weighted by atomic mass is 79.9. The van der Waals surface area contributed by atoms with Gasteiger partial charge in [-0.25, -0.2) is 0 Å². The molecule has 0 aliphatic carbocycles. The lowest BCUT2D eigenvalue weighted by Crippen LogP contribution is -2.31. The second-order valence-corrected chi connectivity index (χ2v) is 5.99. The number of thiophene rings is 1. The van der Waals surface area contributed by atoms with Gasteiger partial charge in [-0.3, -0.25) is 4.79 Å². The molecule has 1 amide bonds. The Morgan fingerprint density at radius 3 is 2.57 bits per heavy atom. The Labute approximate surface area is 96.8 Å². The Hall–Kier alpha value is -0.350. The van der Waals surface area contributed by atoms with Crippen molar-refractivity contribution < 1.29 is 4.79 Å². The molecule has 0 aromatic carbocycles. The summed E-state index contributed by atoms with van der Waals surface area (Å²) in [4.78, 5) is 13.7. The minimum atomic E-state index is -0.133. The van der Waals surface area contributed by atoms with Crippen molar-refractivity contribution >= 4 is 33.2 Å². The number of carbonyl (C=O) groups excluding carboxylic acids is 1. The minimum absolute atomic E-state index is 0.0311. The van der Waals surface area contributed by atoms with Crippen molar-refractivity contribution in [1.82, 2.24) is 5.32 Å². The zero-order valence-corrected chi connectivity index (χ0v) is 10.9. The third-order valence-corrected chi connectivity index (χ3v) is 3.51. The predicted molar refractivity (Wildman–Crippen MR) is 64.0 cm³/mol. The molecular formula is C10H14BrNOS. The van der Waals surface area contributed by atoms with Gasteiger partial charge in [-0.15, -0.1) is 11.3 Å². The summed E-state index contributed by atoms with van der Waals surface area (Å²) in [5, 5.41) is 2.93. The van der Waals surface area contributed by atoms with Crippen molar-refractivity contribution in [3.63, 3.8) is 0 Å². The number of amides is 1. The van der Waals surface area contributed by atoms with Gasteiger partial charge in [0.25, 0.3) is 0 Å². The summed E-state index contributed by atoms with van der Waals surface area (Å²) < 4.78 is 0. The molecule has 2 atom stereocenters. The molecule has 2 nitrogen and oxygen atoms in total. The number of carbonyl (C=O) groups is 1. The Balaban J connectivity index is 2.59. The van der Waals surface area contributed by atoms with E-state index in [9.17, 15) is 4.79 Å². The van der Waals surface area contributed by atoms with E-state index in [4.69, 9.17) is 0 Å². The summed E-state index contributed by atoms with van der Waals surface area (Å²) in [5.41, 5.74) is 0. The number of rotatable bonds is 3. The average Bonchev–Trinajstić information content (AvgIpc) is 2.51. The summed E-state index contributed by atoms with van der Waals surface area (Å²) in [6, 6.07) is 4.23. The summed E-state index contributed by atoms with van der Waals surface area (Å²) in [6.45, 7) is 5.89. The lowest BCUT2D eigenvalue weighted by Gasteiger charge is -2.13. The number of hydrogen-bond acceptors (Lipinski definition) is 2. The molecule has 4 heteroatoms. The first-order valence-corrected chi connectivity index (χ1v) is 6.24. The number of alkyl halides is 1. The third kappa shape index (κ3) is 3.10. The lowest BCUT2D eigenvalue weighted by atomic mass is 10.2. The van der Waals surface area contributed by atoms with Crippen LogP contribution in [0.5, 0.6) is 0 Å². The van der Waals surface area contributed by atoms with E-state index in [1.807, 2.05) is 13.8 Å². The summed E-state index contributed by atoms with van der Waals surface area (Å²) in [6.07, 6.45) is 0. The van der Waals surface area contributed by atoms with E-state index in [0.717, 1.165) is 0 Å². The van der Waals surface area contributed by atoms with E-state index < -0.39 is 0 Å². The number of hydrogen-bond donors (Lipinski definition) is 1. The number of halogens is 1. The molecule has 0 saturated heterocycles. The van der Waals surface area contributed by atoms with Crippen molar-refractivity contribution in [2.24, 2.45) is 0 Å². The van der Waals surface area contributed by atoms with Gasteiger partial charge in [-0.05, 0) is 32.9 Å². The Bertz CT molecular complexity index is 322. The molecule has 2 unspecified atom stereocenters. The molecule has 1 aromatic heterocycles. The molecule has 1 aromatic rings. The van der Waals surface area contributed by atoms with Gasteiger partial charge in [-0.2, -0.15) is 0 Å². The normalized spacial score (nSPS) is 14.9. The second kappa shape index (κ2) is 4.94. The summed E-state index contributed by atoms with van der Waals surface area (Å²) in [7, 11) is 0. The van der Waals surface area contributed by atoms with Crippen molar-refractivity contribution in [3.05, 3.63) is 21.9 Å². The van der Waals surface area contributed by atoms with Gasteiger partial charge >= 0.3 is 0 Å². The van der Waals surface area contributed by atoms with Gasteiger partial charge in [-0.1, -0.05) is 15.9 Å². The molecule has 0 radical (unpaired) electrons. The average molecular weight is 276 g/mol. The van der Waals surface area contributed by atoms with E-state index in [0.29, 0.717) is 0 Å². The third-order valence-electron chi connectivity index (χ3n) is 1.91. The van der Waals surface area contributed by atoms with Crippen molar-refractivity contribution in [2.75, 3.05) is 0 Å². The Morgan fingerprint density at radius 1 is 1.50 bits per heavy atom. The van der Waals surface area contributed by atoms with E-state index >= 15 is 0 Å². The second-order valence-electron chi connectivity index (χ2n) is 3.29. The zero-order valence-electron chi connectivity index (χ0n) is 8.50. The fourth-order valence-corrected chi connectivity index (χ4v) is 2.10. The fraction of sp³-hybridized carbons (Fsp3) is 0.500. The largest absolute Gasteiger partial charge is 0.348 e. The molecule has 0 aliphatic heterocycles. The first-order chi connectivity index (χ1) is 6.50. The summed E-state index contributed by atoms with van der Waals surface area (Å²) in [5.74, 6) is 0.0311. The van der Waals surface area contributed by atoms with Crippen molar-refractivity contribution in [1.29, 1.82) is 0 Å². The molecule has 78 valence electrons. The highest BCUT2D eigenvalue weighted by molar-refractivity contribution is 9.10. The highest BCUT2D eigenvalue weighted by Gasteiger charge is 2.14. The van der Waals surface area contributed by atoms with Gasteiger partial charge in [0.1, 0.15) is 0 Å². The quantitative estimate of drug-likeness (QED) is 0.845. The van der Waals surface area contributed by atoms with Crippen LogP contribution in [0.1, 0.15) is 29.6 Å². The van der Waals surface area contributed by atoms with Gasteiger partial charge in [0, 0.05) is 9.75 Å². The van der Waals surface area contributed by atoms with Crippen LogP contribution < -0.4 is 5.32 Å². The first-order valence-electron chi connectivity index (χ1n) is 4.51. The van der Waals surface area contributed by atoms with E-state index in [2.05, 4.69) is 40.3 Å². The highest BCUT2D eigenvalue weighted by Crippen LogP contribution is 2.22. The lowest BCUT2D eigenvalue weighted by molar-refractivity contribution is -0.120. The smallest absolute Gasteiger partial charge is 0.233 e.